The van der Waals surface area contributed by atoms with Crippen molar-refractivity contribution < 1.29 is 9.59 Å². The smallest absolute Gasteiger partial charge is 0.238 e. The fraction of sp³-hybridized carbons (Fsp3) is 0.368. The number of benzene rings is 1. The van der Waals surface area contributed by atoms with E-state index in [9.17, 15) is 9.59 Å². The zero-order valence-corrected chi connectivity index (χ0v) is 15.6. The third kappa shape index (κ3) is 6.68. The standard InChI is InChI=1S/C19H25N3O2S/c1-3-15-7-4-5-9-17(15)21-19(24)14-22(2)13-18(23)20-11-10-16-8-6-12-25-16/h4-9,12H,3,10-11,13-14H2,1-2H3,(H,20,23)(H,21,24). The Morgan fingerprint density at radius 3 is 2.56 bits per heavy atom. The number of likely N-dealkylation sites (N-methyl/N-ethyl adjacent to an activating group) is 1. The van der Waals surface area contributed by atoms with Gasteiger partial charge in [-0.2, -0.15) is 0 Å². The Labute approximate surface area is 153 Å². The molecule has 0 aliphatic heterocycles. The van der Waals surface area contributed by atoms with Crippen LogP contribution in [0.3, 0.4) is 0 Å². The molecule has 1 aromatic heterocycles. The van der Waals surface area contributed by atoms with Crippen molar-refractivity contribution in [2.75, 3.05) is 32.0 Å². The summed E-state index contributed by atoms with van der Waals surface area (Å²) in [5.41, 5.74) is 1.94. The van der Waals surface area contributed by atoms with Gasteiger partial charge in [0.15, 0.2) is 0 Å². The summed E-state index contributed by atoms with van der Waals surface area (Å²) >= 11 is 1.69. The lowest BCUT2D eigenvalue weighted by Gasteiger charge is -2.17. The number of carbonyl (C=O) groups excluding carboxylic acids is 2. The molecular formula is C19H25N3O2S. The molecule has 0 saturated heterocycles. The average Bonchev–Trinajstić information content (AvgIpc) is 3.08. The van der Waals surface area contributed by atoms with Crippen LogP contribution >= 0.6 is 11.3 Å². The summed E-state index contributed by atoms with van der Waals surface area (Å²) in [6, 6.07) is 11.8. The summed E-state index contributed by atoms with van der Waals surface area (Å²) in [6.45, 7) is 3.05. The van der Waals surface area contributed by atoms with Crippen molar-refractivity contribution in [1.29, 1.82) is 0 Å². The fourth-order valence-corrected chi connectivity index (χ4v) is 3.23. The van der Waals surface area contributed by atoms with Gasteiger partial charge in [0, 0.05) is 17.1 Å². The third-order valence-corrected chi connectivity index (χ3v) is 4.71. The van der Waals surface area contributed by atoms with Crippen molar-refractivity contribution in [1.82, 2.24) is 10.2 Å². The molecule has 0 bridgehead atoms. The summed E-state index contributed by atoms with van der Waals surface area (Å²) < 4.78 is 0. The van der Waals surface area contributed by atoms with Crippen LogP contribution in [0.4, 0.5) is 5.69 Å². The molecule has 0 unspecified atom stereocenters. The number of rotatable bonds is 9. The quantitative estimate of drug-likeness (QED) is 0.723. The number of hydrogen-bond acceptors (Lipinski definition) is 4. The lowest BCUT2D eigenvalue weighted by molar-refractivity contribution is -0.122. The topological polar surface area (TPSA) is 61.4 Å². The minimum atomic E-state index is -0.116. The molecule has 2 amide bonds. The van der Waals surface area contributed by atoms with Gasteiger partial charge in [0.2, 0.25) is 11.8 Å². The van der Waals surface area contributed by atoms with Gasteiger partial charge in [-0.1, -0.05) is 31.2 Å². The third-order valence-electron chi connectivity index (χ3n) is 3.77. The maximum Gasteiger partial charge on any atom is 0.238 e. The first-order valence-corrected chi connectivity index (χ1v) is 9.31. The molecule has 0 fully saturated rings. The minimum absolute atomic E-state index is 0.0687. The molecule has 134 valence electrons. The van der Waals surface area contributed by atoms with Crippen LogP contribution in [0, 0.1) is 0 Å². The molecule has 0 spiro atoms. The van der Waals surface area contributed by atoms with E-state index in [1.165, 1.54) is 4.88 Å². The molecule has 0 aliphatic rings. The van der Waals surface area contributed by atoms with Gasteiger partial charge in [0.05, 0.1) is 13.1 Å². The van der Waals surface area contributed by atoms with Gasteiger partial charge < -0.3 is 10.6 Å². The highest BCUT2D eigenvalue weighted by Crippen LogP contribution is 2.15. The predicted octanol–water partition coefficient (Wildman–Crippen LogP) is 2.54. The van der Waals surface area contributed by atoms with E-state index in [4.69, 9.17) is 0 Å². The fourth-order valence-electron chi connectivity index (χ4n) is 2.52. The summed E-state index contributed by atoms with van der Waals surface area (Å²) in [4.78, 5) is 27.1. The van der Waals surface area contributed by atoms with Gasteiger partial charge in [-0.25, -0.2) is 0 Å². The second kappa shape index (κ2) is 9.96. The Morgan fingerprint density at radius 2 is 1.84 bits per heavy atom. The van der Waals surface area contributed by atoms with Crippen LogP contribution < -0.4 is 10.6 Å². The van der Waals surface area contributed by atoms with Crippen LogP contribution in [0.1, 0.15) is 17.4 Å². The lowest BCUT2D eigenvalue weighted by Crippen LogP contribution is -2.39. The first kappa shape index (κ1) is 19.1. The first-order chi connectivity index (χ1) is 12.1. The Morgan fingerprint density at radius 1 is 1.08 bits per heavy atom. The summed E-state index contributed by atoms with van der Waals surface area (Å²) in [7, 11) is 1.77. The van der Waals surface area contributed by atoms with Crippen molar-refractivity contribution in [2.45, 2.75) is 19.8 Å². The van der Waals surface area contributed by atoms with E-state index in [1.54, 1.807) is 23.3 Å². The highest BCUT2D eigenvalue weighted by atomic mass is 32.1. The lowest BCUT2D eigenvalue weighted by atomic mass is 10.1. The Balaban J connectivity index is 1.70. The maximum atomic E-state index is 12.2. The summed E-state index contributed by atoms with van der Waals surface area (Å²) in [6.07, 6.45) is 1.69. The normalized spacial score (nSPS) is 10.7. The van der Waals surface area contributed by atoms with E-state index in [2.05, 4.69) is 23.6 Å². The zero-order chi connectivity index (χ0) is 18.1. The van der Waals surface area contributed by atoms with E-state index in [0.29, 0.717) is 6.54 Å². The largest absolute Gasteiger partial charge is 0.355 e. The Kier molecular flexibility index (Phi) is 7.63. The number of amides is 2. The van der Waals surface area contributed by atoms with Gasteiger partial charge in [-0.05, 0) is 43.0 Å². The van der Waals surface area contributed by atoms with Gasteiger partial charge >= 0.3 is 0 Å². The molecule has 0 atom stereocenters. The predicted molar refractivity (Wildman–Crippen MR) is 103 cm³/mol. The molecule has 6 heteroatoms. The summed E-state index contributed by atoms with van der Waals surface area (Å²) in [5, 5.41) is 7.83. The van der Waals surface area contributed by atoms with Crippen molar-refractivity contribution in [3.8, 4) is 0 Å². The van der Waals surface area contributed by atoms with E-state index in [-0.39, 0.29) is 24.9 Å². The number of hydrogen-bond donors (Lipinski definition) is 2. The zero-order valence-electron chi connectivity index (χ0n) is 14.7. The molecular weight excluding hydrogens is 334 g/mol. The number of nitrogens with one attached hydrogen (secondary N) is 2. The second-order valence-corrected chi connectivity index (χ2v) is 6.94. The highest BCUT2D eigenvalue weighted by Gasteiger charge is 2.11. The Bertz CT molecular complexity index is 686. The number of anilines is 1. The van der Waals surface area contributed by atoms with E-state index in [0.717, 1.165) is 24.1 Å². The number of nitrogens with zero attached hydrogens (tertiary/aromatic N) is 1. The number of para-hydroxylation sites is 1. The minimum Gasteiger partial charge on any atom is -0.355 e. The molecule has 1 heterocycles. The number of carbonyl (C=O) groups is 2. The van der Waals surface area contributed by atoms with Crippen LogP contribution in [-0.4, -0.2) is 43.4 Å². The van der Waals surface area contributed by atoms with Crippen molar-refractivity contribution in [2.24, 2.45) is 0 Å². The molecule has 2 N–H and O–H groups in total. The molecule has 0 saturated carbocycles. The van der Waals surface area contributed by atoms with Gasteiger partial charge in [0.25, 0.3) is 0 Å². The van der Waals surface area contributed by atoms with Crippen molar-refractivity contribution in [3.63, 3.8) is 0 Å². The van der Waals surface area contributed by atoms with Gasteiger partial charge in [0.1, 0.15) is 0 Å². The van der Waals surface area contributed by atoms with E-state index < -0.39 is 0 Å². The molecule has 1 aromatic carbocycles. The average molecular weight is 359 g/mol. The van der Waals surface area contributed by atoms with Crippen LogP contribution in [-0.2, 0) is 22.4 Å². The van der Waals surface area contributed by atoms with Crippen LogP contribution in [0.25, 0.3) is 0 Å². The van der Waals surface area contributed by atoms with Crippen LogP contribution in [0.2, 0.25) is 0 Å². The first-order valence-electron chi connectivity index (χ1n) is 8.44. The molecule has 0 radical (unpaired) electrons. The van der Waals surface area contributed by atoms with E-state index in [1.807, 2.05) is 35.7 Å². The maximum absolute atomic E-state index is 12.2. The summed E-state index contributed by atoms with van der Waals surface area (Å²) in [5.74, 6) is -0.185. The molecule has 0 aliphatic carbocycles. The van der Waals surface area contributed by atoms with E-state index >= 15 is 0 Å². The second-order valence-electron chi connectivity index (χ2n) is 5.91. The van der Waals surface area contributed by atoms with Gasteiger partial charge in [-0.15, -0.1) is 11.3 Å². The SMILES string of the molecule is CCc1ccccc1NC(=O)CN(C)CC(=O)NCCc1cccs1. The molecule has 25 heavy (non-hydrogen) atoms. The monoisotopic (exact) mass is 359 g/mol. The highest BCUT2D eigenvalue weighted by molar-refractivity contribution is 7.09. The molecule has 2 aromatic rings. The van der Waals surface area contributed by atoms with Crippen LogP contribution in [0.5, 0.6) is 0 Å². The van der Waals surface area contributed by atoms with Crippen LogP contribution in [0.15, 0.2) is 41.8 Å². The number of thiophene rings is 1. The van der Waals surface area contributed by atoms with Crippen molar-refractivity contribution in [3.05, 3.63) is 52.2 Å². The molecule has 2 rings (SSSR count). The van der Waals surface area contributed by atoms with Gasteiger partial charge in [-0.3, -0.25) is 14.5 Å². The molecule has 5 nitrogen and oxygen atoms in total. The Hall–Kier alpha value is -2.18. The van der Waals surface area contributed by atoms with Crippen molar-refractivity contribution >= 4 is 28.8 Å². The number of aryl methyl sites for hydroxylation is 1.